The number of rotatable bonds is 6. The van der Waals surface area contributed by atoms with E-state index in [-0.39, 0.29) is 0 Å². The number of hydrogen-bond acceptors (Lipinski definition) is 3. The van der Waals surface area contributed by atoms with E-state index in [1.165, 1.54) is 23.4 Å². The summed E-state index contributed by atoms with van der Waals surface area (Å²) in [7, 11) is 0. The maximum absolute atomic E-state index is 6.12. The Labute approximate surface area is 139 Å². The summed E-state index contributed by atoms with van der Waals surface area (Å²) in [5.74, 6) is 0. The normalized spacial score (nSPS) is 14.6. The van der Waals surface area contributed by atoms with E-state index in [0.717, 1.165) is 36.0 Å². The molecule has 1 heterocycles. The predicted octanol–water partition coefficient (Wildman–Crippen LogP) is 5.32. The third-order valence-corrected chi connectivity index (χ3v) is 5.45. The highest BCUT2D eigenvalue weighted by Crippen LogP contribution is 2.33. The molecule has 0 bridgehead atoms. The van der Waals surface area contributed by atoms with Crippen molar-refractivity contribution >= 4 is 34.5 Å². The van der Waals surface area contributed by atoms with Gasteiger partial charge in [-0.3, -0.25) is 0 Å². The summed E-state index contributed by atoms with van der Waals surface area (Å²) in [5.41, 5.74) is 2.26. The lowest BCUT2D eigenvalue weighted by Crippen LogP contribution is -2.15. The first-order chi connectivity index (χ1) is 10.2. The molecule has 1 aliphatic carbocycles. The Kier molecular flexibility index (Phi) is 4.85. The van der Waals surface area contributed by atoms with Crippen LogP contribution in [0.1, 0.15) is 36.8 Å². The molecular weight excluding hydrogens is 323 g/mol. The summed E-state index contributed by atoms with van der Waals surface area (Å²) in [6.45, 7) is 3.12. The largest absolute Gasteiger partial charge is 0.309 e. The number of aromatic nitrogens is 1. The second-order valence-corrected chi connectivity index (χ2v) is 7.32. The van der Waals surface area contributed by atoms with Gasteiger partial charge in [0.25, 0.3) is 0 Å². The van der Waals surface area contributed by atoms with Gasteiger partial charge in [-0.05, 0) is 31.4 Å². The average Bonchev–Trinajstić information content (AvgIpc) is 3.21. The molecule has 0 unspecified atom stereocenters. The maximum Gasteiger partial charge on any atom is 0.123 e. The van der Waals surface area contributed by atoms with Crippen LogP contribution in [-0.2, 0) is 13.0 Å². The van der Waals surface area contributed by atoms with Crippen molar-refractivity contribution in [1.82, 2.24) is 10.3 Å². The van der Waals surface area contributed by atoms with Crippen LogP contribution in [0.2, 0.25) is 10.0 Å². The van der Waals surface area contributed by atoms with E-state index in [9.17, 15) is 0 Å². The van der Waals surface area contributed by atoms with Crippen LogP contribution in [0.15, 0.2) is 18.2 Å². The number of hydrogen-bond donors (Lipinski definition) is 1. The summed E-state index contributed by atoms with van der Waals surface area (Å²) in [4.78, 5) is 6.17. The lowest BCUT2D eigenvalue weighted by atomic mass is 10.2. The van der Waals surface area contributed by atoms with E-state index in [0.29, 0.717) is 10.0 Å². The van der Waals surface area contributed by atoms with Crippen LogP contribution >= 0.6 is 34.5 Å². The number of benzene rings is 1. The molecule has 3 rings (SSSR count). The smallest absolute Gasteiger partial charge is 0.123 e. The fraction of sp³-hybridized carbons (Fsp3) is 0.438. The van der Waals surface area contributed by atoms with Crippen molar-refractivity contribution in [2.24, 2.45) is 0 Å². The predicted molar refractivity (Wildman–Crippen MR) is 91.4 cm³/mol. The minimum Gasteiger partial charge on any atom is -0.309 e. The molecule has 0 spiro atoms. The quantitative estimate of drug-likeness (QED) is 0.769. The van der Waals surface area contributed by atoms with E-state index in [1.807, 2.05) is 18.2 Å². The van der Waals surface area contributed by atoms with Crippen molar-refractivity contribution in [2.75, 3.05) is 0 Å². The lowest BCUT2D eigenvalue weighted by Gasteiger charge is -2.01. The number of thiazole rings is 1. The molecule has 0 saturated heterocycles. The van der Waals surface area contributed by atoms with Crippen LogP contribution in [0.3, 0.4) is 0 Å². The molecule has 0 radical (unpaired) electrons. The second kappa shape index (κ2) is 6.66. The average molecular weight is 341 g/mol. The van der Waals surface area contributed by atoms with Crippen LogP contribution in [0.5, 0.6) is 0 Å². The van der Waals surface area contributed by atoms with Gasteiger partial charge in [0.2, 0.25) is 0 Å². The third-order valence-electron chi connectivity index (χ3n) is 3.56. The van der Waals surface area contributed by atoms with Gasteiger partial charge >= 0.3 is 0 Å². The SMILES string of the molecule is CCCc1nc(-c2ccc(Cl)c(Cl)c2)sc1CNC1CC1. The molecular formula is C16H18Cl2N2S. The van der Waals surface area contributed by atoms with Crippen LogP contribution in [0.4, 0.5) is 0 Å². The minimum atomic E-state index is 0.582. The van der Waals surface area contributed by atoms with Gasteiger partial charge < -0.3 is 5.32 Å². The Hall–Kier alpha value is -0.610. The number of aryl methyl sites for hydroxylation is 1. The van der Waals surface area contributed by atoms with Crippen LogP contribution in [0.25, 0.3) is 10.6 Å². The van der Waals surface area contributed by atoms with Gasteiger partial charge in [0.1, 0.15) is 5.01 Å². The van der Waals surface area contributed by atoms with Crippen molar-refractivity contribution in [3.63, 3.8) is 0 Å². The number of halogens is 2. The molecule has 1 aliphatic rings. The summed E-state index contributed by atoms with van der Waals surface area (Å²) in [6.07, 6.45) is 4.75. The van der Waals surface area contributed by atoms with Gasteiger partial charge in [-0.1, -0.05) is 42.6 Å². The van der Waals surface area contributed by atoms with Crippen molar-refractivity contribution < 1.29 is 0 Å². The lowest BCUT2D eigenvalue weighted by molar-refractivity contribution is 0.686. The maximum atomic E-state index is 6.12. The van der Waals surface area contributed by atoms with E-state index < -0.39 is 0 Å². The van der Waals surface area contributed by atoms with Gasteiger partial charge in [0.15, 0.2) is 0 Å². The molecule has 2 nitrogen and oxygen atoms in total. The fourth-order valence-corrected chi connectivity index (χ4v) is 3.58. The number of nitrogens with zero attached hydrogens (tertiary/aromatic N) is 1. The monoisotopic (exact) mass is 340 g/mol. The molecule has 21 heavy (non-hydrogen) atoms. The van der Waals surface area contributed by atoms with Gasteiger partial charge in [0, 0.05) is 23.0 Å². The topological polar surface area (TPSA) is 24.9 Å². The van der Waals surface area contributed by atoms with Crippen molar-refractivity contribution in [1.29, 1.82) is 0 Å². The molecule has 2 aromatic rings. The number of nitrogens with one attached hydrogen (secondary N) is 1. The van der Waals surface area contributed by atoms with Crippen LogP contribution < -0.4 is 5.32 Å². The Morgan fingerprint density at radius 3 is 2.76 bits per heavy atom. The van der Waals surface area contributed by atoms with E-state index in [1.54, 1.807) is 11.3 Å². The van der Waals surface area contributed by atoms with Gasteiger partial charge in [-0.15, -0.1) is 11.3 Å². The fourth-order valence-electron chi connectivity index (χ4n) is 2.23. The third kappa shape index (κ3) is 3.78. The molecule has 1 fully saturated rings. The molecule has 0 atom stereocenters. The molecule has 0 aliphatic heterocycles. The van der Waals surface area contributed by atoms with Crippen molar-refractivity contribution in [3.8, 4) is 10.6 Å². The van der Waals surface area contributed by atoms with E-state index in [2.05, 4.69) is 12.2 Å². The first-order valence-electron chi connectivity index (χ1n) is 7.34. The molecule has 1 aromatic carbocycles. The first kappa shape index (κ1) is 15.3. The van der Waals surface area contributed by atoms with Gasteiger partial charge in [-0.2, -0.15) is 0 Å². The summed E-state index contributed by atoms with van der Waals surface area (Å²) in [5, 5.41) is 5.78. The van der Waals surface area contributed by atoms with Crippen molar-refractivity contribution in [3.05, 3.63) is 38.8 Å². The Morgan fingerprint density at radius 1 is 1.29 bits per heavy atom. The zero-order valence-electron chi connectivity index (χ0n) is 12.0. The molecule has 5 heteroatoms. The van der Waals surface area contributed by atoms with E-state index >= 15 is 0 Å². The minimum absolute atomic E-state index is 0.582. The zero-order chi connectivity index (χ0) is 14.8. The van der Waals surface area contributed by atoms with Crippen LogP contribution in [-0.4, -0.2) is 11.0 Å². The summed E-state index contributed by atoms with van der Waals surface area (Å²) < 4.78 is 0. The summed E-state index contributed by atoms with van der Waals surface area (Å²) in [6, 6.07) is 6.44. The van der Waals surface area contributed by atoms with Crippen LogP contribution in [0, 0.1) is 0 Å². The van der Waals surface area contributed by atoms with E-state index in [4.69, 9.17) is 28.2 Å². The standard InChI is InChI=1S/C16H18Cl2N2S/c1-2-3-14-15(9-19-11-5-6-11)21-16(20-14)10-4-7-12(17)13(18)8-10/h4,7-8,11,19H,2-3,5-6,9H2,1H3. The molecule has 1 N–H and O–H groups in total. The first-order valence-corrected chi connectivity index (χ1v) is 8.92. The van der Waals surface area contributed by atoms with Crippen molar-refractivity contribution in [2.45, 2.75) is 45.2 Å². The Balaban J connectivity index is 1.86. The second-order valence-electron chi connectivity index (χ2n) is 5.42. The highest BCUT2D eigenvalue weighted by Gasteiger charge is 2.21. The highest BCUT2D eigenvalue weighted by molar-refractivity contribution is 7.15. The Morgan fingerprint density at radius 2 is 2.10 bits per heavy atom. The highest BCUT2D eigenvalue weighted by atomic mass is 35.5. The Bertz CT molecular complexity index is 635. The molecule has 1 saturated carbocycles. The van der Waals surface area contributed by atoms with Gasteiger partial charge in [0.05, 0.1) is 15.7 Å². The molecule has 1 aromatic heterocycles. The molecule has 112 valence electrons. The molecule has 0 amide bonds. The summed E-state index contributed by atoms with van der Waals surface area (Å²) >= 11 is 13.9. The van der Waals surface area contributed by atoms with Gasteiger partial charge in [-0.25, -0.2) is 4.98 Å². The zero-order valence-corrected chi connectivity index (χ0v) is 14.3.